The molecule has 0 fully saturated rings. The molecule has 2 aromatic carbocycles. The van der Waals surface area contributed by atoms with Gasteiger partial charge in [-0.15, -0.1) is 0 Å². The number of hydrogen-bond acceptors (Lipinski definition) is 4. The normalized spacial score (nSPS) is 11.1. The molecule has 0 spiro atoms. The van der Waals surface area contributed by atoms with Crippen LogP contribution >= 0.6 is 0 Å². The summed E-state index contributed by atoms with van der Waals surface area (Å²) in [6, 6.07) is 19.9. The Labute approximate surface area is 218 Å². The van der Waals surface area contributed by atoms with E-state index in [1.165, 1.54) is 0 Å². The quantitative estimate of drug-likeness (QED) is 0.298. The Hall–Kier alpha value is -2.70. The number of nitrogens with one attached hydrogen (secondary N) is 1. The van der Waals surface area contributed by atoms with Gasteiger partial charge in [-0.25, -0.2) is 0 Å². The molecule has 198 valence electrons. The van der Waals surface area contributed by atoms with Gasteiger partial charge in [0.2, 0.25) is 11.8 Å². The lowest BCUT2D eigenvalue weighted by molar-refractivity contribution is -0.121. The van der Waals surface area contributed by atoms with Gasteiger partial charge in [0.1, 0.15) is 0 Å². The minimum absolute atomic E-state index is 0.140. The molecule has 0 atom stereocenters. The van der Waals surface area contributed by atoms with Crippen LogP contribution in [0.3, 0.4) is 0 Å². The molecule has 6 heteroatoms. The van der Waals surface area contributed by atoms with Gasteiger partial charge in [0.15, 0.2) is 0 Å². The lowest BCUT2D eigenvalue weighted by Crippen LogP contribution is -2.32. The molecule has 2 aromatic rings. The number of benzene rings is 2. The van der Waals surface area contributed by atoms with E-state index in [9.17, 15) is 9.59 Å². The fourth-order valence-electron chi connectivity index (χ4n) is 4.09. The standard InChI is InChI=1S/C30H46N4O2/c1-32(22-14-6-12-20-29(35)31-26-27-16-8-4-9-17-27)24-25-33(2)23-15-7-13-21-30(36)34(3)28-18-10-5-11-19-28/h4-5,8-11,16-19H,6-7,12-15,20-26H2,1-3H3,(H,31,35). The molecular weight excluding hydrogens is 448 g/mol. The first-order chi connectivity index (χ1) is 17.5. The van der Waals surface area contributed by atoms with E-state index in [2.05, 4.69) is 29.2 Å². The maximum atomic E-state index is 12.4. The number of rotatable bonds is 18. The zero-order chi connectivity index (χ0) is 26.0. The molecule has 0 aliphatic carbocycles. The molecule has 0 unspecified atom stereocenters. The summed E-state index contributed by atoms with van der Waals surface area (Å²) >= 11 is 0. The third-order valence-electron chi connectivity index (χ3n) is 6.59. The number of para-hydroxylation sites is 1. The number of hydrogen-bond donors (Lipinski definition) is 1. The van der Waals surface area contributed by atoms with E-state index in [1.54, 1.807) is 4.90 Å². The monoisotopic (exact) mass is 494 g/mol. The SMILES string of the molecule is CN(CCCCCC(=O)NCc1ccccc1)CCN(C)CCCCCC(=O)N(C)c1ccccc1. The Bertz CT molecular complexity index is 860. The summed E-state index contributed by atoms with van der Waals surface area (Å²) in [5, 5.41) is 3.00. The number of likely N-dealkylation sites (N-methyl/N-ethyl adjacent to an activating group) is 2. The lowest BCUT2D eigenvalue weighted by atomic mass is 10.1. The summed E-state index contributed by atoms with van der Waals surface area (Å²) in [7, 11) is 6.21. The van der Waals surface area contributed by atoms with Crippen molar-refractivity contribution in [3.05, 3.63) is 66.2 Å². The van der Waals surface area contributed by atoms with Crippen LogP contribution in [0.25, 0.3) is 0 Å². The molecule has 6 nitrogen and oxygen atoms in total. The van der Waals surface area contributed by atoms with Crippen molar-refractivity contribution in [3.8, 4) is 0 Å². The smallest absolute Gasteiger partial charge is 0.226 e. The molecular formula is C30H46N4O2. The van der Waals surface area contributed by atoms with Crippen LogP contribution in [0.4, 0.5) is 5.69 Å². The van der Waals surface area contributed by atoms with E-state index in [4.69, 9.17) is 0 Å². The molecule has 0 heterocycles. The minimum Gasteiger partial charge on any atom is -0.352 e. The highest BCUT2D eigenvalue weighted by Gasteiger charge is 2.10. The van der Waals surface area contributed by atoms with Crippen molar-refractivity contribution in [2.75, 3.05) is 52.2 Å². The second kappa shape index (κ2) is 17.7. The van der Waals surface area contributed by atoms with Crippen molar-refractivity contribution in [1.82, 2.24) is 15.1 Å². The molecule has 36 heavy (non-hydrogen) atoms. The fraction of sp³-hybridized carbons (Fsp3) is 0.533. The van der Waals surface area contributed by atoms with Crippen LogP contribution in [0, 0.1) is 0 Å². The number of carbonyl (C=O) groups excluding carboxylic acids is 2. The van der Waals surface area contributed by atoms with Crippen LogP contribution in [0.2, 0.25) is 0 Å². The van der Waals surface area contributed by atoms with Crippen LogP contribution in [0.5, 0.6) is 0 Å². The Morgan fingerprint density at radius 2 is 1.17 bits per heavy atom. The number of carbonyl (C=O) groups is 2. The van der Waals surface area contributed by atoms with E-state index >= 15 is 0 Å². The maximum absolute atomic E-state index is 12.4. The Balaban J connectivity index is 1.42. The topological polar surface area (TPSA) is 55.9 Å². The van der Waals surface area contributed by atoms with E-state index in [0.717, 1.165) is 76.0 Å². The first-order valence-corrected chi connectivity index (χ1v) is 13.4. The van der Waals surface area contributed by atoms with Gasteiger partial charge in [-0.2, -0.15) is 0 Å². The number of amides is 2. The second-order valence-electron chi connectivity index (χ2n) is 9.78. The number of anilines is 1. The molecule has 0 bridgehead atoms. The second-order valence-corrected chi connectivity index (χ2v) is 9.78. The zero-order valence-electron chi connectivity index (χ0n) is 22.6. The highest BCUT2D eigenvalue weighted by molar-refractivity contribution is 5.92. The summed E-state index contributed by atoms with van der Waals surface area (Å²) in [6.07, 6.45) is 7.49. The van der Waals surface area contributed by atoms with Crippen molar-refractivity contribution < 1.29 is 9.59 Å². The predicted octanol–water partition coefficient (Wildman–Crippen LogP) is 4.95. The van der Waals surface area contributed by atoms with Crippen LogP contribution < -0.4 is 10.2 Å². The summed E-state index contributed by atoms with van der Waals surface area (Å²) in [5.41, 5.74) is 2.09. The zero-order valence-corrected chi connectivity index (χ0v) is 22.6. The molecule has 2 rings (SSSR count). The van der Waals surface area contributed by atoms with Gasteiger partial charge in [0.05, 0.1) is 0 Å². The first-order valence-electron chi connectivity index (χ1n) is 13.4. The summed E-state index contributed by atoms with van der Waals surface area (Å²) < 4.78 is 0. The van der Waals surface area contributed by atoms with E-state index in [0.29, 0.717) is 19.4 Å². The van der Waals surface area contributed by atoms with Gasteiger partial charge in [0, 0.05) is 45.2 Å². The molecule has 2 amide bonds. The molecule has 0 aliphatic rings. The Kier molecular flexibility index (Phi) is 14.5. The minimum atomic E-state index is 0.140. The fourth-order valence-corrected chi connectivity index (χ4v) is 4.09. The predicted molar refractivity (Wildman–Crippen MR) is 150 cm³/mol. The van der Waals surface area contributed by atoms with Gasteiger partial charge in [-0.1, -0.05) is 61.4 Å². The van der Waals surface area contributed by atoms with Crippen molar-refractivity contribution >= 4 is 17.5 Å². The Morgan fingerprint density at radius 1 is 0.639 bits per heavy atom. The molecule has 0 radical (unpaired) electrons. The van der Waals surface area contributed by atoms with Crippen LogP contribution in [-0.4, -0.2) is 68.9 Å². The molecule has 0 saturated carbocycles. The largest absolute Gasteiger partial charge is 0.352 e. The van der Waals surface area contributed by atoms with Gasteiger partial charge in [0.25, 0.3) is 0 Å². The highest BCUT2D eigenvalue weighted by atomic mass is 16.2. The maximum Gasteiger partial charge on any atom is 0.226 e. The lowest BCUT2D eigenvalue weighted by Gasteiger charge is -2.22. The first kappa shape index (κ1) is 29.5. The third kappa shape index (κ3) is 12.8. The molecule has 0 aliphatic heterocycles. The highest BCUT2D eigenvalue weighted by Crippen LogP contribution is 2.13. The van der Waals surface area contributed by atoms with Gasteiger partial charge in [-0.05, 0) is 70.6 Å². The van der Waals surface area contributed by atoms with E-state index in [-0.39, 0.29) is 11.8 Å². The summed E-state index contributed by atoms with van der Waals surface area (Å²) in [6.45, 7) is 4.84. The average molecular weight is 495 g/mol. The summed E-state index contributed by atoms with van der Waals surface area (Å²) in [5.74, 6) is 0.324. The van der Waals surface area contributed by atoms with Gasteiger partial charge >= 0.3 is 0 Å². The van der Waals surface area contributed by atoms with Crippen LogP contribution in [0.1, 0.15) is 56.9 Å². The molecule has 0 saturated heterocycles. The average Bonchev–Trinajstić information content (AvgIpc) is 2.90. The van der Waals surface area contributed by atoms with Crippen LogP contribution in [-0.2, 0) is 16.1 Å². The van der Waals surface area contributed by atoms with Crippen molar-refractivity contribution in [3.63, 3.8) is 0 Å². The third-order valence-corrected chi connectivity index (χ3v) is 6.59. The van der Waals surface area contributed by atoms with Crippen LogP contribution in [0.15, 0.2) is 60.7 Å². The van der Waals surface area contributed by atoms with Crippen molar-refractivity contribution in [1.29, 1.82) is 0 Å². The van der Waals surface area contributed by atoms with Gasteiger partial charge in [-0.3, -0.25) is 9.59 Å². The van der Waals surface area contributed by atoms with Crippen molar-refractivity contribution in [2.24, 2.45) is 0 Å². The Morgan fingerprint density at radius 3 is 1.75 bits per heavy atom. The van der Waals surface area contributed by atoms with Gasteiger partial charge < -0.3 is 20.0 Å². The van der Waals surface area contributed by atoms with E-state index in [1.807, 2.05) is 67.7 Å². The van der Waals surface area contributed by atoms with E-state index < -0.39 is 0 Å². The number of unbranched alkanes of at least 4 members (excludes halogenated alkanes) is 4. The van der Waals surface area contributed by atoms with Crippen molar-refractivity contribution in [2.45, 2.75) is 57.9 Å². The molecule has 0 aromatic heterocycles. The molecule has 1 N–H and O–H groups in total. The summed E-state index contributed by atoms with van der Waals surface area (Å²) in [4.78, 5) is 30.9. The number of nitrogens with zero attached hydrogens (tertiary/aromatic N) is 3.